The van der Waals surface area contributed by atoms with Crippen molar-refractivity contribution in [2.75, 3.05) is 18.1 Å². The molecule has 3 aromatic rings. The Bertz CT molecular complexity index is 1210. The first-order valence-corrected chi connectivity index (χ1v) is 12.1. The molecular formula is C23H22ClN3O4S. The van der Waals surface area contributed by atoms with E-state index in [1.807, 2.05) is 53.4 Å². The summed E-state index contributed by atoms with van der Waals surface area (Å²) in [6.07, 6.45) is -0.965. The van der Waals surface area contributed by atoms with E-state index in [1.165, 1.54) is 6.07 Å². The fourth-order valence-electron chi connectivity index (χ4n) is 4.13. The maximum Gasteiger partial charge on any atom is 0.151 e. The molecule has 7 nitrogen and oxygen atoms in total. The third-order valence-electron chi connectivity index (χ3n) is 5.64. The van der Waals surface area contributed by atoms with Crippen LogP contribution in [0.2, 0.25) is 5.02 Å². The van der Waals surface area contributed by atoms with E-state index in [2.05, 4.69) is 4.72 Å². The van der Waals surface area contributed by atoms with Gasteiger partial charge in [-0.05, 0) is 42.5 Å². The number of halogens is 1. The van der Waals surface area contributed by atoms with Crippen molar-refractivity contribution in [1.29, 1.82) is 4.78 Å². The quantitative estimate of drug-likeness (QED) is 0.526. The number of ether oxygens (including phenoxy) is 2. The van der Waals surface area contributed by atoms with E-state index in [4.69, 9.17) is 25.9 Å². The minimum atomic E-state index is -3.41. The highest BCUT2D eigenvalue weighted by Crippen LogP contribution is 2.48. The number of benzene rings is 3. The van der Waals surface area contributed by atoms with E-state index in [0.717, 1.165) is 11.4 Å². The number of hydrogen-bond acceptors (Lipinski definition) is 6. The minimum Gasteiger partial charge on any atom is -0.453 e. The summed E-state index contributed by atoms with van der Waals surface area (Å²) in [5.41, 5.74) is 1.61. The van der Waals surface area contributed by atoms with Crippen molar-refractivity contribution >= 4 is 32.9 Å². The largest absolute Gasteiger partial charge is 0.453 e. The number of nitrogens with one attached hydrogen (secondary N) is 2. The zero-order valence-electron chi connectivity index (χ0n) is 17.0. The zero-order valence-corrected chi connectivity index (χ0v) is 18.6. The monoisotopic (exact) mass is 471 g/mol. The molecule has 0 amide bonds. The molecule has 1 saturated heterocycles. The van der Waals surface area contributed by atoms with Crippen LogP contribution in [-0.2, 0) is 14.7 Å². The first-order chi connectivity index (χ1) is 15.4. The van der Waals surface area contributed by atoms with Crippen LogP contribution in [0.1, 0.15) is 0 Å². The van der Waals surface area contributed by atoms with Gasteiger partial charge >= 0.3 is 0 Å². The SMILES string of the molecule is N=S(=O)(NC1COCC(N2c3ccccc3Oc3ccccc32)C1O)c1cccc(Cl)c1. The summed E-state index contributed by atoms with van der Waals surface area (Å²) in [7, 11) is -3.41. The smallest absolute Gasteiger partial charge is 0.151 e. The Morgan fingerprint density at radius 2 is 1.66 bits per heavy atom. The number of nitrogens with zero attached hydrogens (tertiary/aromatic N) is 1. The number of rotatable bonds is 4. The predicted molar refractivity (Wildman–Crippen MR) is 123 cm³/mol. The summed E-state index contributed by atoms with van der Waals surface area (Å²) in [4.78, 5) is 2.25. The second-order valence-corrected chi connectivity index (χ2v) is 10.00. The standard InChI is InChI=1S/C23H22ClN3O4S/c24-15-6-5-7-16(12-15)32(25,29)26-17-13-30-14-20(23(17)28)27-18-8-1-3-10-21(18)31-22-11-4-2-9-19(22)27/h1-12,17,20,23,28H,13-14H2,(H2,25,26,29). The van der Waals surface area contributed by atoms with Crippen molar-refractivity contribution in [3.8, 4) is 11.5 Å². The lowest BCUT2D eigenvalue weighted by Gasteiger charge is -2.44. The van der Waals surface area contributed by atoms with Crippen LogP contribution in [-0.4, -0.2) is 40.7 Å². The highest BCUT2D eigenvalue weighted by molar-refractivity contribution is 7.90. The van der Waals surface area contributed by atoms with Gasteiger partial charge in [0.05, 0.1) is 47.7 Å². The van der Waals surface area contributed by atoms with Gasteiger partial charge in [0.15, 0.2) is 11.5 Å². The van der Waals surface area contributed by atoms with Gasteiger partial charge in [-0.1, -0.05) is 41.9 Å². The Hall–Kier alpha value is -2.62. The second kappa shape index (κ2) is 8.38. The van der Waals surface area contributed by atoms with Crippen molar-refractivity contribution in [2.45, 2.75) is 23.1 Å². The molecule has 0 bridgehead atoms. The molecule has 1 fully saturated rings. The van der Waals surface area contributed by atoms with E-state index >= 15 is 0 Å². The Labute approximate surface area is 191 Å². The van der Waals surface area contributed by atoms with Crippen LogP contribution >= 0.6 is 11.6 Å². The molecule has 5 rings (SSSR count). The van der Waals surface area contributed by atoms with Gasteiger partial charge in [-0.2, -0.15) is 0 Å². The maximum absolute atomic E-state index is 13.1. The molecule has 2 aliphatic rings. The molecule has 2 heterocycles. The van der Waals surface area contributed by atoms with Crippen LogP contribution in [0, 0.1) is 4.78 Å². The number of aliphatic hydroxyl groups excluding tert-OH is 1. The fourth-order valence-corrected chi connectivity index (χ4v) is 5.72. The van der Waals surface area contributed by atoms with Gasteiger partial charge in [0.2, 0.25) is 0 Å². The lowest BCUT2D eigenvalue weighted by atomic mass is 9.98. The van der Waals surface area contributed by atoms with Gasteiger partial charge in [-0.25, -0.2) is 13.7 Å². The van der Waals surface area contributed by atoms with E-state index < -0.39 is 28.1 Å². The van der Waals surface area contributed by atoms with Gasteiger partial charge in [0, 0.05) is 5.02 Å². The summed E-state index contributed by atoms with van der Waals surface area (Å²) < 4.78 is 36.2. The summed E-state index contributed by atoms with van der Waals surface area (Å²) in [5, 5.41) is 11.7. The number of hydrogen-bond donors (Lipinski definition) is 3. The third-order valence-corrected chi connectivity index (χ3v) is 7.43. The first kappa shape index (κ1) is 21.2. The average molecular weight is 472 g/mol. The molecule has 4 unspecified atom stereocenters. The van der Waals surface area contributed by atoms with Crippen molar-refractivity contribution in [2.24, 2.45) is 0 Å². The summed E-state index contributed by atoms with van der Waals surface area (Å²) >= 11 is 6.01. The lowest BCUT2D eigenvalue weighted by Crippen LogP contribution is -2.60. The number of anilines is 2. The second-order valence-electron chi connectivity index (χ2n) is 7.74. The van der Waals surface area contributed by atoms with Crippen LogP contribution < -0.4 is 14.4 Å². The molecule has 166 valence electrons. The molecule has 3 N–H and O–H groups in total. The van der Waals surface area contributed by atoms with Crippen molar-refractivity contribution < 1.29 is 18.8 Å². The topological polar surface area (TPSA) is 94.9 Å². The molecule has 32 heavy (non-hydrogen) atoms. The summed E-state index contributed by atoms with van der Waals surface area (Å²) in [6, 6.07) is 20.4. The summed E-state index contributed by atoms with van der Waals surface area (Å²) in [6.45, 7) is 0.389. The van der Waals surface area contributed by atoms with Crippen LogP contribution in [0.4, 0.5) is 11.4 Å². The Morgan fingerprint density at radius 1 is 1.00 bits per heavy atom. The molecule has 0 saturated carbocycles. The normalized spacial score (nSPS) is 24.1. The predicted octanol–water partition coefficient (Wildman–Crippen LogP) is 4.32. The van der Waals surface area contributed by atoms with Gasteiger partial charge < -0.3 is 19.5 Å². The van der Waals surface area contributed by atoms with Crippen LogP contribution in [0.5, 0.6) is 11.5 Å². The lowest BCUT2D eigenvalue weighted by molar-refractivity contribution is -0.0242. The molecule has 0 radical (unpaired) electrons. The summed E-state index contributed by atoms with van der Waals surface area (Å²) in [5.74, 6) is 1.35. The van der Waals surface area contributed by atoms with Crippen LogP contribution in [0.3, 0.4) is 0 Å². The highest BCUT2D eigenvalue weighted by atomic mass is 35.5. The van der Waals surface area contributed by atoms with E-state index in [-0.39, 0.29) is 18.1 Å². The third kappa shape index (κ3) is 3.85. The Morgan fingerprint density at radius 3 is 2.31 bits per heavy atom. The molecule has 9 heteroatoms. The average Bonchev–Trinajstić information content (AvgIpc) is 2.79. The van der Waals surface area contributed by atoms with Crippen molar-refractivity contribution in [3.05, 3.63) is 77.8 Å². The van der Waals surface area contributed by atoms with Crippen molar-refractivity contribution in [3.63, 3.8) is 0 Å². The van der Waals surface area contributed by atoms with Gasteiger partial charge in [0.1, 0.15) is 9.92 Å². The number of fused-ring (bicyclic) bond motifs is 2. The molecule has 3 aromatic carbocycles. The van der Waals surface area contributed by atoms with Crippen LogP contribution in [0.15, 0.2) is 77.7 Å². The van der Waals surface area contributed by atoms with Crippen molar-refractivity contribution in [1.82, 2.24) is 4.72 Å². The van der Waals surface area contributed by atoms with E-state index in [9.17, 15) is 9.32 Å². The van der Waals surface area contributed by atoms with Gasteiger partial charge in [-0.15, -0.1) is 0 Å². The Balaban J connectivity index is 1.47. The van der Waals surface area contributed by atoms with Gasteiger partial charge in [0.25, 0.3) is 0 Å². The molecule has 2 aliphatic heterocycles. The number of aliphatic hydroxyl groups is 1. The molecule has 0 aliphatic carbocycles. The van der Waals surface area contributed by atoms with Gasteiger partial charge in [-0.3, -0.25) is 0 Å². The maximum atomic E-state index is 13.1. The molecule has 4 atom stereocenters. The Kier molecular flexibility index (Phi) is 5.56. The minimum absolute atomic E-state index is 0.127. The van der Waals surface area contributed by atoms with E-state index in [0.29, 0.717) is 16.5 Å². The molecular weight excluding hydrogens is 450 g/mol. The zero-order chi connectivity index (χ0) is 22.3. The fraction of sp³-hybridized carbons (Fsp3) is 0.217. The first-order valence-electron chi connectivity index (χ1n) is 10.2. The van der Waals surface area contributed by atoms with Crippen LogP contribution in [0.25, 0.3) is 0 Å². The van der Waals surface area contributed by atoms with E-state index in [1.54, 1.807) is 18.2 Å². The number of para-hydroxylation sites is 4. The molecule has 0 aromatic heterocycles. The highest BCUT2D eigenvalue weighted by Gasteiger charge is 2.41. The molecule has 0 spiro atoms.